The summed E-state index contributed by atoms with van der Waals surface area (Å²) in [5.41, 5.74) is 6.27. The van der Waals surface area contributed by atoms with Gasteiger partial charge in [-0.3, -0.25) is 0 Å². The second-order valence-corrected chi connectivity index (χ2v) is 3.57. The van der Waals surface area contributed by atoms with Crippen LogP contribution in [-0.4, -0.2) is 25.2 Å². The van der Waals surface area contributed by atoms with E-state index in [0.29, 0.717) is 5.56 Å². The molecule has 0 fully saturated rings. The Morgan fingerprint density at radius 3 is 2.56 bits per heavy atom. The lowest BCUT2D eigenvalue weighted by molar-refractivity contribution is -0.274. The monoisotopic (exact) mass is 265 g/mol. The molecule has 0 spiro atoms. The van der Waals surface area contributed by atoms with Gasteiger partial charge >= 0.3 is 6.36 Å². The van der Waals surface area contributed by atoms with Crippen LogP contribution < -0.4 is 15.2 Å². The summed E-state index contributed by atoms with van der Waals surface area (Å²) in [5.74, 6) is -0.183. The zero-order valence-electron chi connectivity index (χ0n) is 9.70. The van der Waals surface area contributed by atoms with Gasteiger partial charge in [-0.2, -0.15) is 0 Å². The van der Waals surface area contributed by atoms with Gasteiger partial charge in [-0.25, -0.2) is 0 Å². The fourth-order valence-electron chi connectivity index (χ4n) is 1.49. The smallest absolute Gasteiger partial charge is 0.496 e. The van der Waals surface area contributed by atoms with Crippen molar-refractivity contribution in [2.45, 2.75) is 18.8 Å². The third-order valence-corrected chi connectivity index (χ3v) is 2.28. The van der Waals surface area contributed by atoms with E-state index in [1.807, 2.05) is 0 Å². The van der Waals surface area contributed by atoms with E-state index in [2.05, 4.69) is 4.74 Å². The van der Waals surface area contributed by atoms with E-state index in [0.717, 1.165) is 12.1 Å². The highest BCUT2D eigenvalue weighted by atomic mass is 19.4. The van der Waals surface area contributed by atoms with Crippen LogP contribution in [0.15, 0.2) is 18.2 Å². The molecule has 0 aliphatic heterocycles. The Morgan fingerprint density at radius 1 is 1.39 bits per heavy atom. The van der Waals surface area contributed by atoms with Crippen LogP contribution >= 0.6 is 0 Å². The molecule has 0 saturated carbocycles. The fourth-order valence-corrected chi connectivity index (χ4v) is 1.49. The summed E-state index contributed by atoms with van der Waals surface area (Å²) in [5, 5.41) is 8.77. The maximum absolute atomic E-state index is 12.0. The van der Waals surface area contributed by atoms with Gasteiger partial charge in [0.05, 0.1) is 7.11 Å². The number of rotatable bonds is 5. The van der Waals surface area contributed by atoms with E-state index in [4.69, 9.17) is 15.6 Å². The number of aliphatic hydroxyl groups excluding tert-OH is 1. The lowest BCUT2D eigenvalue weighted by atomic mass is 10.0. The molecule has 0 heterocycles. The number of ether oxygens (including phenoxy) is 2. The number of hydrogen-bond donors (Lipinski definition) is 2. The van der Waals surface area contributed by atoms with Crippen molar-refractivity contribution >= 4 is 0 Å². The standard InChI is InChI=1S/C11H14F3NO3/c1-17-10-6-7(18-11(12,13)14)2-3-8(10)9(15)4-5-16/h2-3,6,9,16H,4-5,15H2,1H3/t9-/m1/s1. The van der Waals surface area contributed by atoms with Crippen molar-refractivity contribution in [3.63, 3.8) is 0 Å². The Kier molecular flexibility index (Phi) is 4.80. The van der Waals surface area contributed by atoms with Gasteiger partial charge in [0, 0.05) is 24.3 Å². The number of nitrogens with two attached hydrogens (primary N) is 1. The minimum Gasteiger partial charge on any atom is -0.496 e. The SMILES string of the molecule is COc1cc(OC(F)(F)F)ccc1[C@H](N)CCO. The second-order valence-electron chi connectivity index (χ2n) is 3.57. The predicted molar refractivity (Wildman–Crippen MR) is 58.3 cm³/mol. The van der Waals surface area contributed by atoms with Crippen LogP contribution in [0.4, 0.5) is 13.2 Å². The molecule has 18 heavy (non-hydrogen) atoms. The molecule has 1 atom stereocenters. The molecule has 0 saturated heterocycles. The van der Waals surface area contributed by atoms with Crippen LogP contribution in [-0.2, 0) is 0 Å². The van der Waals surface area contributed by atoms with Gasteiger partial charge in [-0.15, -0.1) is 13.2 Å². The molecular weight excluding hydrogens is 251 g/mol. The minimum absolute atomic E-state index is 0.120. The van der Waals surface area contributed by atoms with Crippen LogP contribution in [0.2, 0.25) is 0 Å². The lowest BCUT2D eigenvalue weighted by Gasteiger charge is -2.16. The highest BCUT2D eigenvalue weighted by molar-refractivity contribution is 5.42. The predicted octanol–water partition coefficient (Wildman–Crippen LogP) is 1.98. The van der Waals surface area contributed by atoms with Crippen LogP contribution in [0, 0.1) is 0 Å². The van der Waals surface area contributed by atoms with Gasteiger partial charge in [0.15, 0.2) is 0 Å². The average molecular weight is 265 g/mol. The van der Waals surface area contributed by atoms with Gasteiger partial charge < -0.3 is 20.3 Å². The maximum Gasteiger partial charge on any atom is 0.573 e. The molecule has 0 aliphatic rings. The summed E-state index contributed by atoms with van der Waals surface area (Å²) in [7, 11) is 1.32. The third kappa shape index (κ3) is 4.08. The Morgan fingerprint density at radius 2 is 2.06 bits per heavy atom. The number of halogens is 3. The number of hydrogen-bond acceptors (Lipinski definition) is 4. The molecule has 0 unspecified atom stereocenters. The molecule has 3 N–H and O–H groups in total. The summed E-state index contributed by atoms with van der Waals surface area (Å²) in [4.78, 5) is 0. The molecule has 0 radical (unpaired) electrons. The van der Waals surface area contributed by atoms with Crippen molar-refractivity contribution in [1.82, 2.24) is 0 Å². The highest BCUT2D eigenvalue weighted by Crippen LogP contribution is 2.32. The normalized spacial score (nSPS) is 13.2. The zero-order chi connectivity index (χ0) is 13.8. The van der Waals surface area contributed by atoms with Crippen LogP contribution in [0.1, 0.15) is 18.0 Å². The Labute approximate surface area is 102 Å². The van der Waals surface area contributed by atoms with Gasteiger partial charge in [-0.1, -0.05) is 6.07 Å². The Hall–Kier alpha value is -1.47. The summed E-state index contributed by atoms with van der Waals surface area (Å²) in [6.45, 7) is -0.120. The molecule has 1 aromatic rings. The van der Waals surface area contributed by atoms with E-state index in [-0.39, 0.29) is 24.5 Å². The van der Waals surface area contributed by atoms with Crippen LogP contribution in [0.3, 0.4) is 0 Å². The van der Waals surface area contributed by atoms with E-state index in [1.54, 1.807) is 0 Å². The van der Waals surface area contributed by atoms with E-state index < -0.39 is 12.4 Å². The van der Waals surface area contributed by atoms with E-state index in [9.17, 15) is 13.2 Å². The Balaban J connectivity index is 2.96. The quantitative estimate of drug-likeness (QED) is 0.854. The summed E-state index contributed by atoms with van der Waals surface area (Å²) < 4.78 is 44.8. The van der Waals surface area contributed by atoms with Crippen molar-refractivity contribution in [2.24, 2.45) is 5.73 Å². The maximum atomic E-state index is 12.0. The Bertz CT molecular complexity index is 396. The van der Waals surface area contributed by atoms with Crippen molar-refractivity contribution in [3.05, 3.63) is 23.8 Å². The van der Waals surface area contributed by atoms with Gasteiger partial charge in [0.2, 0.25) is 0 Å². The van der Waals surface area contributed by atoms with E-state index in [1.165, 1.54) is 13.2 Å². The van der Waals surface area contributed by atoms with Crippen molar-refractivity contribution in [2.75, 3.05) is 13.7 Å². The minimum atomic E-state index is -4.75. The highest BCUT2D eigenvalue weighted by Gasteiger charge is 2.31. The molecular formula is C11H14F3NO3. The molecule has 0 bridgehead atoms. The van der Waals surface area contributed by atoms with Crippen molar-refractivity contribution in [1.29, 1.82) is 0 Å². The zero-order valence-corrected chi connectivity index (χ0v) is 9.70. The van der Waals surface area contributed by atoms with Gasteiger partial charge in [0.1, 0.15) is 11.5 Å². The summed E-state index contributed by atoms with van der Waals surface area (Å²) in [6.07, 6.45) is -4.46. The molecule has 7 heteroatoms. The fraction of sp³-hybridized carbons (Fsp3) is 0.455. The van der Waals surface area contributed by atoms with Gasteiger partial charge in [-0.05, 0) is 12.5 Å². The molecule has 0 aliphatic carbocycles. The first-order valence-corrected chi connectivity index (χ1v) is 5.17. The second kappa shape index (κ2) is 5.92. The number of methoxy groups -OCH3 is 1. The lowest BCUT2D eigenvalue weighted by Crippen LogP contribution is -2.18. The number of alkyl halides is 3. The topological polar surface area (TPSA) is 64.7 Å². The summed E-state index contributed by atoms with van der Waals surface area (Å²) in [6, 6.07) is 3.15. The number of benzene rings is 1. The average Bonchev–Trinajstić information content (AvgIpc) is 2.27. The molecule has 0 amide bonds. The largest absolute Gasteiger partial charge is 0.573 e. The first kappa shape index (κ1) is 14.6. The van der Waals surface area contributed by atoms with Crippen LogP contribution in [0.5, 0.6) is 11.5 Å². The van der Waals surface area contributed by atoms with Crippen molar-refractivity contribution in [3.8, 4) is 11.5 Å². The molecule has 1 aromatic carbocycles. The summed E-state index contributed by atoms with van der Waals surface area (Å²) >= 11 is 0. The molecule has 4 nitrogen and oxygen atoms in total. The van der Waals surface area contributed by atoms with Gasteiger partial charge in [0.25, 0.3) is 0 Å². The first-order chi connectivity index (χ1) is 8.37. The third-order valence-electron chi connectivity index (χ3n) is 2.28. The first-order valence-electron chi connectivity index (χ1n) is 5.17. The van der Waals surface area contributed by atoms with E-state index >= 15 is 0 Å². The molecule has 1 rings (SSSR count). The molecule has 0 aromatic heterocycles. The van der Waals surface area contributed by atoms with Crippen molar-refractivity contribution < 1.29 is 27.8 Å². The van der Waals surface area contributed by atoms with Crippen LogP contribution in [0.25, 0.3) is 0 Å². The number of aliphatic hydroxyl groups is 1. The molecule has 102 valence electrons.